The highest BCUT2D eigenvalue weighted by Crippen LogP contribution is 2.32. The number of benzene rings is 2. The fraction of sp³-hybridized carbons (Fsp3) is 0.125. The van der Waals surface area contributed by atoms with Gasteiger partial charge in [-0.1, -0.05) is 30.3 Å². The number of nitrogens with zero attached hydrogens (tertiary/aromatic N) is 2. The fourth-order valence-electron chi connectivity index (χ4n) is 2.11. The molecule has 0 saturated heterocycles. The van der Waals surface area contributed by atoms with Crippen LogP contribution < -0.4 is 5.73 Å². The van der Waals surface area contributed by atoms with Crippen LogP contribution in [-0.2, 0) is 5.60 Å². The maximum atomic E-state index is 14.1. The summed E-state index contributed by atoms with van der Waals surface area (Å²) in [6.45, 7) is -0.184. The Bertz CT molecular complexity index is 686. The van der Waals surface area contributed by atoms with Crippen molar-refractivity contribution in [3.63, 3.8) is 0 Å². The van der Waals surface area contributed by atoms with Gasteiger partial charge in [-0.05, 0) is 23.8 Å². The first-order chi connectivity index (χ1) is 10.6. The van der Waals surface area contributed by atoms with Gasteiger partial charge in [0, 0.05) is 5.56 Å². The van der Waals surface area contributed by atoms with Gasteiger partial charge in [0.2, 0.25) is 0 Å². The molecule has 114 valence electrons. The SMILES string of the molecule is NC=NC=NCC(O)(c1ccc(F)cc1)c1ccccc1F. The van der Waals surface area contributed by atoms with E-state index in [4.69, 9.17) is 5.73 Å². The first-order valence-electron chi connectivity index (χ1n) is 6.53. The Labute approximate surface area is 126 Å². The van der Waals surface area contributed by atoms with Crippen molar-refractivity contribution in [1.29, 1.82) is 0 Å². The van der Waals surface area contributed by atoms with Crippen LogP contribution in [0.3, 0.4) is 0 Å². The lowest BCUT2D eigenvalue weighted by Crippen LogP contribution is -2.32. The molecule has 0 aliphatic heterocycles. The molecule has 0 saturated carbocycles. The summed E-state index contributed by atoms with van der Waals surface area (Å²) in [6.07, 6.45) is 2.21. The molecule has 0 aliphatic rings. The van der Waals surface area contributed by atoms with Gasteiger partial charge in [-0.15, -0.1) is 0 Å². The highest BCUT2D eigenvalue weighted by Gasteiger charge is 2.33. The number of nitrogens with two attached hydrogens (primary N) is 1. The molecule has 0 aliphatic carbocycles. The smallest absolute Gasteiger partial charge is 0.137 e. The summed E-state index contributed by atoms with van der Waals surface area (Å²) in [4.78, 5) is 7.53. The number of hydrogen-bond acceptors (Lipinski definition) is 2. The third-order valence-corrected chi connectivity index (χ3v) is 3.20. The van der Waals surface area contributed by atoms with E-state index in [-0.39, 0.29) is 12.1 Å². The zero-order chi connectivity index (χ0) is 16.0. The molecular weight excluding hydrogens is 288 g/mol. The van der Waals surface area contributed by atoms with E-state index in [2.05, 4.69) is 9.98 Å². The third kappa shape index (κ3) is 3.35. The van der Waals surface area contributed by atoms with Crippen LogP contribution in [0.4, 0.5) is 8.78 Å². The van der Waals surface area contributed by atoms with Crippen molar-refractivity contribution in [3.8, 4) is 0 Å². The van der Waals surface area contributed by atoms with E-state index in [0.29, 0.717) is 5.56 Å². The molecule has 0 heterocycles. The maximum Gasteiger partial charge on any atom is 0.137 e. The largest absolute Gasteiger partial charge is 0.390 e. The van der Waals surface area contributed by atoms with Crippen LogP contribution >= 0.6 is 0 Å². The highest BCUT2D eigenvalue weighted by molar-refractivity contribution is 5.69. The van der Waals surface area contributed by atoms with Crippen molar-refractivity contribution in [3.05, 3.63) is 71.3 Å². The van der Waals surface area contributed by atoms with E-state index >= 15 is 0 Å². The minimum atomic E-state index is -1.74. The molecule has 6 heteroatoms. The number of hydrogen-bond donors (Lipinski definition) is 2. The van der Waals surface area contributed by atoms with E-state index in [1.54, 1.807) is 6.07 Å². The first kappa shape index (κ1) is 15.8. The summed E-state index contributed by atoms with van der Waals surface area (Å²) in [5.74, 6) is -1.03. The molecule has 4 nitrogen and oxygen atoms in total. The quantitative estimate of drug-likeness (QED) is 0.657. The van der Waals surface area contributed by atoms with E-state index < -0.39 is 17.2 Å². The predicted molar refractivity (Wildman–Crippen MR) is 81.8 cm³/mol. The molecule has 22 heavy (non-hydrogen) atoms. The minimum absolute atomic E-state index is 0.0514. The Hall–Kier alpha value is -2.60. The lowest BCUT2D eigenvalue weighted by Gasteiger charge is -2.28. The molecule has 0 spiro atoms. The summed E-state index contributed by atoms with van der Waals surface area (Å²) >= 11 is 0. The lowest BCUT2D eigenvalue weighted by molar-refractivity contribution is 0.0867. The summed E-state index contributed by atoms with van der Waals surface area (Å²) in [7, 11) is 0. The van der Waals surface area contributed by atoms with Gasteiger partial charge in [-0.2, -0.15) is 0 Å². The number of aliphatic hydroxyl groups is 1. The summed E-state index contributed by atoms with van der Waals surface area (Å²) in [5, 5.41) is 11.0. The molecule has 0 bridgehead atoms. The molecule has 2 aromatic rings. The van der Waals surface area contributed by atoms with Gasteiger partial charge in [0.05, 0.1) is 12.9 Å². The first-order valence-corrected chi connectivity index (χ1v) is 6.53. The molecule has 0 amide bonds. The van der Waals surface area contributed by atoms with Crippen LogP contribution in [0.2, 0.25) is 0 Å². The molecule has 2 aromatic carbocycles. The van der Waals surface area contributed by atoms with Crippen molar-refractivity contribution in [1.82, 2.24) is 0 Å². The summed E-state index contributed by atoms with van der Waals surface area (Å²) in [6, 6.07) is 11.0. The van der Waals surface area contributed by atoms with Crippen LogP contribution in [0.15, 0.2) is 58.5 Å². The van der Waals surface area contributed by atoms with Crippen LogP contribution in [0.25, 0.3) is 0 Å². The van der Waals surface area contributed by atoms with Gasteiger partial charge >= 0.3 is 0 Å². The Morgan fingerprint density at radius 3 is 2.41 bits per heavy atom. The van der Waals surface area contributed by atoms with Gasteiger partial charge < -0.3 is 10.8 Å². The molecule has 3 N–H and O–H groups in total. The molecule has 0 fully saturated rings. The molecule has 2 rings (SSSR count). The third-order valence-electron chi connectivity index (χ3n) is 3.20. The van der Waals surface area contributed by atoms with Crippen molar-refractivity contribution >= 4 is 12.7 Å². The lowest BCUT2D eigenvalue weighted by atomic mass is 9.86. The van der Waals surface area contributed by atoms with Gasteiger partial charge in [0.25, 0.3) is 0 Å². The van der Waals surface area contributed by atoms with Crippen LogP contribution in [0.5, 0.6) is 0 Å². The maximum absolute atomic E-state index is 14.1. The number of aliphatic imine (C=N–C) groups is 2. The van der Waals surface area contributed by atoms with Crippen molar-refractivity contribution in [2.24, 2.45) is 15.7 Å². The van der Waals surface area contributed by atoms with Crippen molar-refractivity contribution in [2.45, 2.75) is 5.60 Å². The second-order valence-corrected chi connectivity index (χ2v) is 4.60. The number of halogens is 2. The van der Waals surface area contributed by atoms with E-state index in [0.717, 1.165) is 12.7 Å². The van der Waals surface area contributed by atoms with Gasteiger partial charge in [0.1, 0.15) is 23.6 Å². The Morgan fingerprint density at radius 1 is 1.09 bits per heavy atom. The second-order valence-electron chi connectivity index (χ2n) is 4.60. The van der Waals surface area contributed by atoms with Crippen LogP contribution in [0.1, 0.15) is 11.1 Å². The van der Waals surface area contributed by atoms with E-state index in [1.807, 2.05) is 0 Å². The average molecular weight is 303 g/mol. The number of rotatable bonds is 5. The van der Waals surface area contributed by atoms with Gasteiger partial charge in [0.15, 0.2) is 0 Å². The topological polar surface area (TPSA) is 71.0 Å². The molecule has 0 aromatic heterocycles. The molecular formula is C16H15F2N3O. The fourth-order valence-corrected chi connectivity index (χ4v) is 2.11. The highest BCUT2D eigenvalue weighted by atomic mass is 19.1. The van der Waals surface area contributed by atoms with Crippen molar-refractivity contribution < 1.29 is 13.9 Å². The molecule has 0 radical (unpaired) electrons. The molecule has 1 atom stereocenters. The van der Waals surface area contributed by atoms with Gasteiger partial charge in [-0.3, -0.25) is 4.99 Å². The van der Waals surface area contributed by atoms with Gasteiger partial charge in [-0.25, -0.2) is 13.8 Å². The van der Waals surface area contributed by atoms with E-state index in [1.165, 1.54) is 42.5 Å². The van der Waals surface area contributed by atoms with Crippen LogP contribution in [0, 0.1) is 11.6 Å². The zero-order valence-corrected chi connectivity index (χ0v) is 11.7. The Morgan fingerprint density at radius 2 is 1.77 bits per heavy atom. The minimum Gasteiger partial charge on any atom is -0.390 e. The van der Waals surface area contributed by atoms with Crippen LogP contribution in [-0.4, -0.2) is 24.3 Å². The predicted octanol–water partition coefficient (Wildman–Crippen LogP) is 2.22. The van der Waals surface area contributed by atoms with Crippen molar-refractivity contribution in [2.75, 3.05) is 6.54 Å². The average Bonchev–Trinajstić information content (AvgIpc) is 2.52. The summed E-state index contributed by atoms with van der Waals surface area (Å²) < 4.78 is 27.2. The Kier molecular flexibility index (Phi) is 4.95. The second kappa shape index (κ2) is 6.91. The summed E-state index contributed by atoms with van der Waals surface area (Å²) in [5.41, 5.74) is 3.74. The Balaban J connectivity index is 2.48. The molecule has 1 unspecified atom stereocenters. The van der Waals surface area contributed by atoms with E-state index in [9.17, 15) is 13.9 Å². The standard InChI is InChI=1S/C16H15F2N3O/c17-13-7-5-12(6-8-13)16(22,9-20-11-21-10-19)14-3-1-2-4-15(14)18/h1-8,10-11,22H,9H2,(H2,19,20,21). The monoisotopic (exact) mass is 303 g/mol. The zero-order valence-electron chi connectivity index (χ0n) is 11.7. The normalized spacial score (nSPS) is 14.5.